The van der Waals surface area contributed by atoms with E-state index in [1.54, 1.807) is 0 Å². The van der Waals surface area contributed by atoms with Crippen LogP contribution in [0.1, 0.15) is 245 Å². The molecular weight excluding hydrogens is 868 g/mol. The van der Waals surface area contributed by atoms with Crippen LogP contribution in [-0.2, 0) is 27.9 Å². The number of ether oxygens (including phenoxy) is 1. The smallest absolute Gasteiger partial charge is 0.306 e. The highest BCUT2D eigenvalue weighted by molar-refractivity contribution is 7.45. The number of hydrogen-bond donors (Lipinski definition) is 1. The van der Waals surface area contributed by atoms with Gasteiger partial charge in [-0.05, 0) is 76.7 Å². The van der Waals surface area contributed by atoms with Crippen molar-refractivity contribution in [3.63, 3.8) is 0 Å². The number of nitrogens with zero attached hydrogens (tertiary/aromatic N) is 1. The molecule has 0 radical (unpaired) electrons. The van der Waals surface area contributed by atoms with E-state index in [0.29, 0.717) is 23.9 Å². The number of likely N-dealkylation sites (N-methyl/N-ethyl adjacent to an activating group) is 1. The Bertz CT molecular complexity index is 1350. The molecule has 0 aliphatic carbocycles. The lowest BCUT2D eigenvalue weighted by Crippen LogP contribution is -2.47. The molecule has 0 rings (SSSR count). The van der Waals surface area contributed by atoms with E-state index < -0.39 is 26.6 Å². The van der Waals surface area contributed by atoms with Crippen LogP contribution in [0, 0.1) is 0 Å². The van der Waals surface area contributed by atoms with Crippen molar-refractivity contribution in [1.82, 2.24) is 5.32 Å². The van der Waals surface area contributed by atoms with Gasteiger partial charge in [-0.25, -0.2) is 0 Å². The van der Waals surface area contributed by atoms with E-state index in [1.807, 2.05) is 33.3 Å². The Balaban J connectivity index is 5.36. The molecule has 3 unspecified atom stereocenters. The summed E-state index contributed by atoms with van der Waals surface area (Å²) >= 11 is 0. The Kier molecular flexibility index (Phi) is 46.7. The number of carbonyl (C=O) groups is 2. The van der Waals surface area contributed by atoms with Gasteiger partial charge in [-0.15, -0.1) is 0 Å². The standard InChI is InChI=1S/C58H107N2O7P/c1-7-10-13-16-19-22-25-27-29-31-32-35-38-41-44-47-50-57(61)59-55(54-66-68(63,64)65-53-52-60(4,5)6)56(49-46-43-40-37-34-24-21-18-15-12-9-3)67-58(62)51-48-45-42-39-36-33-30-28-26-23-20-17-14-11-8-2/h11,14,17,20,23,26,29,31,46,49,55-56H,7-10,12-13,15-16,18-19,21-22,24-25,27-28,30,32-45,47-48,50-54H2,1-6H3,(H-,59,61,63,64)/b14-11+,20-17+,26-23+,31-29+,49-46+. The predicted molar refractivity (Wildman–Crippen MR) is 289 cm³/mol. The van der Waals surface area contributed by atoms with Gasteiger partial charge in [0, 0.05) is 12.8 Å². The first-order valence-electron chi connectivity index (χ1n) is 28.1. The molecule has 0 spiro atoms. The fourth-order valence-electron chi connectivity index (χ4n) is 7.87. The van der Waals surface area contributed by atoms with Crippen LogP contribution in [-0.4, -0.2) is 69.4 Å². The largest absolute Gasteiger partial charge is 0.756 e. The monoisotopic (exact) mass is 975 g/mol. The number of unbranched alkanes of at least 4 members (excludes halogenated alkanes) is 28. The lowest BCUT2D eigenvalue weighted by atomic mass is 10.1. The maximum atomic E-state index is 13.5. The van der Waals surface area contributed by atoms with Crippen LogP contribution in [0.2, 0.25) is 0 Å². The van der Waals surface area contributed by atoms with Crippen molar-refractivity contribution in [2.45, 2.75) is 258 Å². The summed E-state index contributed by atoms with van der Waals surface area (Å²) in [5.74, 6) is -0.565. The zero-order valence-corrected chi connectivity index (χ0v) is 45.9. The first-order chi connectivity index (χ1) is 32.9. The fourth-order valence-corrected chi connectivity index (χ4v) is 8.59. The topological polar surface area (TPSA) is 114 Å². The molecule has 0 aromatic rings. The second-order valence-corrected chi connectivity index (χ2v) is 21.5. The zero-order valence-electron chi connectivity index (χ0n) is 45.1. The second kappa shape index (κ2) is 48.3. The number of nitrogens with one attached hydrogen (secondary N) is 1. The average Bonchev–Trinajstić information content (AvgIpc) is 3.29. The van der Waals surface area contributed by atoms with Gasteiger partial charge in [0.2, 0.25) is 5.91 Å². The first-order valence-corrected chi connectivity index (χ1v) is 29.6. The molecule has 0 fully saturated rings. The maximum Gasteiger partial charge on any atom is 0.306 e. The van der Waals surface area contributed by atoms with Crippen molar-refractivity contribution >= 4 is 19.7 Å². The molecule has 0 aliphatic rings. The molecule has 0 aromatic heterocycles. The summed E-state index contributed by atoms with van der Waals surface area (Å²) in [5, 5.41) is 3.01. The van der Waals surface area contributed by atoms with Crippen molar-refractivity contribution in [2.24, 2.45) is 0 Å². The third kappa shape index (κ3) is 48.7. The molecule has 0 aliphatic heterocycles. The third-order valence-electron chi connectivity index (χ3n) is 12.2. The van der Waals surface area contributed by atoms with E-state index in [2.05, 4.69) is 74.7 Å². The van der Waals surface area contributed by atoms with E-state index in [-0.39, 0.29) is 24.9 Å². The minimum atomic E-state index is -4.70. The van der Waals surface area contributed by atoms with Crippen molar-refractivity contribution in [2.75, 3.05) is 40.9 Å². The maximum absolute atomic E-state index is 13.5. The SMILES string of the molecule is CC/C=C/C=C/C=C/CCCCCCCCCC(=O)OC(/C=C/CCCCCCCCCCC)C(COP(=O)([O-])OCC[N+](C)(C)C)NC(=O)CCCCCCC/C=C/CCCCCCCCC. The molecule has 10 heteroatoms. The van der Waals surface area contributed by atoms with Gasteiger partial charge in [0.25, 0.3) is 7.82 Å². The molecule has 0 saturated heterocycles. The van der Waals surface area contributed by atoms with Crippen molar-refractivity contribution < 1.29 is 37.3 Å². The molecular formula is C58H107N2O7P. The lowest BCUT2D eigenvalue weighted by Gasteiger charge is -2.30. The third-order valence-corrected chi connectivity index (χ3v) is 13.2. The van der Waals surface area contributed by atoms with E-state index >= 15 is 0 Å². The highest BCUT2D eigenvalue weighted by Gasteiger charge is 2.27. The molecule has 1 N–H and O–H groups in total. The van der Waals surface area contributed by atoms with Crippen LogP contribution in [0.5, 0.6) is 0 Å². The number of carbonyl (C=O) groups excluding carboxylic acids is 2. The van der Waals surface area contributed by atoms with Crippen LogP contribution >= 0.6 is 7.82 Å². The Labute approximate surface area is 420 Å². The average molecular weight is 975 g/mol. The zero-order chi connectivity index (χ0) is 50.1. The molecule has 0 heterocycles. The first kappa shape index (κ1) is 65.7. The highest BCUT2D eigenvalue weighted by atomic mass is 31.2. The van der Waals surface area contributed by atoms with Crippen LogP contribution in [0.15, 0.2) is 60.8 Å². The Morgan fingerprint density at radius 1 is 0.529 bits per heavy atom. The van der Waals surface area contributed by atoms with Gasteiger partial charge in [-0.1, -0.05) is 217 Å². The molecule has 3 atom stereocenters. The van der Waals surface area contributed by atoms with Crippen LogP contribution in [0.25, 0.3) is 0 Å². The number of esters is 1. The number of amides is 1. The summed E-state index contributed by atoms with van der Waals surface area (Å²) in [5.41, 5.74) is 0. The van der Waals surface area contributed by atoms with E-state index in [9.17, 15) is 19.0 Å². The second-order valence-electron chi connectivity index (χ2n) is 20.1. The molecule has 0 saturated carbocycles. The molecule has 396 valence electrons. The van der Waals surface area contributed by atoms with Gasteiger partial charge in [-0.3, -0.25) is 14.2 Å². The number of hydrogen-bond acceptors (Lipinski definition) is 7. The molecule has 9 nitrogen and oxygen atoms in total. The van der Waals surface area contributed by atoms with Gasteiger partial charge >= 0.3 is 5.97 Å². The van der Waals surface area contributed by atoms with E-state index in [0.717, 1.165) is 89.9 Å². The fraction of sp³-hybridized carbons (Fsp3) is 0.793. The van der Waals surface area contributed by atoms with Gasteiger partial charge < -0.3 is 28.5 Å². The van der Waals surface area contributed by atoms with Gasteiger partial charge in [0.15, 0.2) is 0 Å². The van der Waals surface area contributed by atoms with Crippen molar-refractivity contribution in [3.8, 4) is 0 Å². The number of quaternary nitrogens is 1. The summed E-state index contributed by atoms with van der Waals surface area (Å²) in [6.07, 6.45) is 58.9. The minimum absolute atomic E-state index is 0.0273. The van der Waals surface area contributed by atoms with Gasteiger partial charge in [-0.2, -0.15) is 0 Å². The molecule has 68 heavy (non-hydrogen) atoms. The summed E-state index contributed by atoms with van der Waals surface area (Å²) < 4.78 is 30.2. The van der Waals surface area contributed by atoms with Gasteiger partial charge in [0.05, 0.1) is 33.8 Å². The predicted octanol–water partition coefficient (Wildman–Crippen LogP) is 16.1. The Hall–Kier alpha value is -2.29. The summed E-state index contributed by atoms with van der Waals surface area (Å²) in [6.45, 7) is 6.68. The molecule has 1 amide bonds. The summed E-state index contributed by atoms with van der Waals surface area (Å²) in [6, 6.07) is -0.897. The highest BCUT2D eigenvalue weighted by Crippen LogP contribution is 2.38. The lowest BCUT2D eigenvalue weighted by molar-refractivity contribution is -0.870. The number of rotatable bonds is 50. The van der Waals surface area contributed by atoms with E-state index in [1.165, 1.54) is 116 Å². The van der Waals surface area contributed by atoms with Crippen LogP contribution < -0.4 is 10.2 Å². The van der Waals surface area contributed by atoms with Crippen molar-refractivity contribution in [1.29, 1.82) is 0 Å². The molecule has 0 bridgehead atoms. The Morgan fingerprint density at radius 3 is 1.44 bits per heavy atom. The minimum Gasteiger partial charge on any atom is -0.756 e. The summed E-state index contributed by atoms with van der Waals surface area (Å²) in [4.78, 5) is 39.8. The number of phosphoric ester groups is 1. The Morgan fingerprint density at radius 2 is 0.956 bits per heavy atom. The summed E-state index contributed by atoms with van der Waals surface area (Å²) in [7, 11) is 1.17. The van der Waals surface area contributed by atoms with Crippen molar-refractivity contribution in [3.05, 3.63) is 60.8 Å². The quantitative estimate of drug-likeness (QED) is 0.0161. The van der Waals surface area contributed by atoms with Gasteiger partial charge in [0.1, 0.15) is 19.3 Å². The number of allylic oxidation sites excluding steroid dienone is 9. The van der Waals surface area contributed by atoms with E-state index in [4.69, 9.17) is 13.8 Å². The van der Waals surface area contributed by atoms with Crippen LogP contribution in [0.3, 0.4) is 0 Å². The normalized spacial score (nSPS) is 14.3. The van der Waals surface area contributed by atoms with Crippen LogP contribution in [0.4, 0.5) is 0 Å². The molecule has 0 aromatic carbocycles. The number of phosphoric acid groups is 1.